The molecular weight excluding hydrogens is 426 g/mol. The zero-order valence-corrected chi connectivity index (χ0v) is 18.4. The molecule has 1 heterocycles. The van der Waals surface area contributed by atoms with E-state index in [1.807, 2.05) is 18.2 Å². The van der Waals surface area contributed by atoms with Crippen LogP contribution < -0.4 is 20.3 Å². The van der Waals surface area contributed by atoms with E-state index in [0.29, 0.717) is 38.9 Å². The van der Waals surface area contributed by atoms with Gasteiger partial charge in [0.25, 0.3) is 5.56 Å². The number of carbonyl (C=O) groups is 1. The van der Waals surface area contributed by atoms with Crippen molar-refractivity contribution in [2.75, 3.05) is 25.3 Å². The number of aromatic nitrogens is 2. The van der Waals surface area contributed by atoms with Crippen LogP contribution in [0.15, 0.2) is 82.7 Å². The predicted molar refractivity (Wildman–Crippen MR) is 126 cm³/mol. The molecule has 0 bridgehead atoms. The molecule has 162 valence electrons. The maximum absolute atomic E-state index is 13.4. The number of carbonyl (C=O) groups excluding carboxylic acids is 1. The summed E-state index contributed by atoms with van der Waals surface area (Å²) in [7, 11) is 3.13. The lowest BCUT2D eigenvalue weighted by atomic mass is 10.2. The number of benzene rings is 3. The van der Waals surface area contributed by atoms with Crippen molar-refractivity contribution < 1.29 is 14.3 Å². The van der Waals surface area contributed by atoms with Crippen LogP contribution in [0.5, 0.6) is 11.5 Å². The molecule has 7 nitrogen and oxygen atoms in total. The zero-order valence-electron chi connectivity index (χ0n) is 17.6. The van der Waals surface area contributed by atoms with Crippen molar-refractivity contribution >= 4 is 34.3 Å². The van der Waals surface area contributed by atoms with E-state index in [-0.39, 0.29) is 17.2 Å². The van der Waals surface area contributed by atoms with Crippen LogP contribution in [-0.2, 0) is 4.79 Å². The summed E-state index contributed by atoms with van der Waals surface area (Å²) in [4.78, 5) is 30.6. The fourth-order valence-electron chi connectivity index (χ4n) is 3.24. The summed E-state index contributed by atoms with van der Waals surface area (Å²) in [5.41, 5.74) is 1.57. The van der Waals surface area contributed by atoms with Crippen molar-refractivity contribution in [3.05, 3.63) is 83.2 Å². The van der Waals surface area contributed by atoms with Gasteiger partial charge in [0.2, 0.25) is 5.91 Å². The minimum Gasteiger partial charge on any atom is -0.497 e. The smallest absolute Gasteiger partial charge is 0.266 e. The monoisotopic (exact) mass is 447 g/mol. The Labute approximate surface area is 189 Å². The molecule has 0 atom stereocenters. The summed E-state index contributed by atoms with van der Waals surface area (Å²) in [5.74, 6) is 1.11. The second-order valence-electron chi connectivity index (χ2n) is 6.79. The first kappa shape index (κ1) is 21.5. The largest absolute Gasteiger partial charge is 0.497 e. The van der Waals surface area contributed by atoms with Gasteiger partial charge >= 0.3 is 0 Å². The van der Waals surface area contributed by atoms with E-state index in [1.165, 1.54) is 16.3 Å². The van der Waals surface area contributed by atoms with Gasteiger partial charge in [0.1, 0.15) is 11.5 Å². The van der Waals surface area contributed by atoms with Crippen LogP contribution in [-0.4, -0.2) is 35.4 Å². The van der Waals surface area contributed by atoms with E-state index in [0.717, 1.165) is 0 Å². The summed E-state index contributed by atoms with van der Waals surface area (Å²) >= 11 is 1.18. The van der Waals surface area contributed by atoms with E-state index in [2.05, 4.69) is 10.3 Å². The molecule has 0 spiro atoms. The molecule has 8 heteroatoms. The van der Waals surface area contributed by atoms with Gasteiger partial charge in [-0.3, -0.25) is 14.2 Å². The fraction of sp³-hybridized carbons (Fsp3) is 0.125. The van der Waals surface area contributed by atoms with Gasteiger partial charge in [0, 0.05) is 5.69 Å². The number of hydrogen-bond acceptors (Lipinski definition) is 6. The van der Waals surface area contributed by atoms with Gasteiger partial charge in [-0.25, -0.2) is 4.98 Å². The Balaban J connectivity index is 1.66. The molecule has 4 rings (SSSR count). The maximum atomic E-state index is 13.4. The molecule has 1 amide bonds. The average molecular weight is 448 g/mol. The molecule has 0 aliphatic heterocycles. The average Bonchev–Trinajstić information content (AvgIpc) is 2.83. The summed E-state index contributed by atoms with van der Waals surface area (Å²) in [6, 6.07) is 21.4. The molecule has 1 aromatic heterocycles. The van der Waals surface area contributed by atoms with E-state index >= 15 is 0 Å². The maximum Gasteiger partial charge on any atom is 0.266 e. The van der Waals surface area contributed by atoms with Crippen LogP contribution in [0.2, 0.25) is 0 Å². The topological polar surface area (TPSA) is 82.5 Å². The first-order chi connectivity index (χ1) is 15.6. The zero-order chi connectivity index (χ0) is 22.5. The van der Waals surface area contributed by atoms with Crippen molar-refractivity contribution in [2.24, 2.45) is 0 Å². The molecular formula is C24H21N3O4S. The Bertz CT molecular complexity index is 1320. The molecule has 0 aliphatic rings. The van der Waals surface area contributed by atoms with Crippen LogP contribution in [0.4, 0.5) is 5.69 Å². The van der Waals surface area contributed by atoms with Crippen LogP contribution in [0, 0.1) is 0 Å². The van der Waals surface area contributed by atoms with Crippen LogP contribution >= 0.6 is 11.8 Å². The molecule has 0 aliphatic carbocycles. The van der Waals surface area contributed by atoms with Gasteiger partial charge in [-0.2, -0.15) is 0 Å². The summed E-state index contributed by atoms with van der Waals surface area (Å²) in [6.45, 7) is 0. The van der Waals surface area contributed by atoms with E-state index < -0.39 is 0 Å². The highest BCUT2D eigenvalue weighted by Gasteiger charge is 2.17. The minimum absolute atomic E-state index is 0.0754. The molecule has 0 radical (unpaired) electrons. The SMILES string of the molecule is COc1ccc(NC(=O)CSc2nc3ccccc3c(=O)n2-c2ccccc2OC)cc1. The Morgan fingerprint density at radius 2 is 1.69 bits per heavy atom. The number of amides is 1. The number of hydrogen-bond donors (Lipinski definition) is 1. The van der Waals surface area contributed by atoms with Crippen molar-refractivity contribution in [3.63, 3.8) is 0 Å². The molecule has 3 aromatic carbocycles. The van der Waals surface area contributed by atoms with Gasteiger partial charge in [-0.1, -0.05) is 36.0 Å². The molecule has 1 N–H and O–H groups in total. The summed E-state index contributed by atoms with van der Waals surface area (Å²) in [5, 5.41) is 3.74. The second kappa shape index (κ2) is 9.57. The van der Waals surface area contributed by atoms with E-state index in [9.17, 15) is 9.59 Å². The highest BCUT2D eigenvalue weighted by atomic mass is 32.2. The standard InChI is InChI=1S/C24H21N3O4S/c1-30-17-13-11-16(12-14-17)25-22(28)15-32-24-26-19-8-4-3-7-18(19)23(29)27(24)20-9-5-6-10-21(20)31-2/h3-14H,15H2,1-2H3,(H,25,28). The first-order valence-corrected chi connectivity index (χ1v) is 10.8. The highest BCUT2D eigenvalue weighted by molar-refractivity contribution is 7.99. The third-order valence-corrected chi connectivity index (χ3v) is 5.72. The third kappa shape index (κ3) is 4.45. The van der Waals surface area contributed by atoms with Crippen molar-refractivity contribution in [1.29, 1.82) is 0 Å². The lowest BCUT2D eigenvalue weighted by molar-refractivity contribution is -0.113. The Hall–Kier alpha value is -3.78. The Kier molecular flexibility index (Phi) is 6.42. The van der Waals surface area contributed by atoms with Gasteiger partial charge in [0.05, 0.1) is 36.6 Å². The van der Waals surface area contributed by atoms with Crippen molar-refractivity contribution in [3.8, 4) is 17.2 Å². The quantitative estimate of drug-likeness (QED) is 0.339. The molecule has 0 unspecified atom stereocenters. The van der Waals surface area contributed by atoms with E-state index in [1.54, 1.807) is 68.8 Å². The lowest BCUT2D eigenvalue weighted by Crippen LogP contribution is -2.23. The highest BCUT2D eigenvalue weighted by Crippen LogP contribution is 2.27. The van der Waals surface area contributed by atoms with Crippen LogP contribution in [0.1, 0.15) is 0 Å². The normalized spacial score (nSPS) is 10.7. The molecule has 32 heavy (non-hydrogen) atoms. The lowest BCUT2D eigenvalue weighted by Gasteiger charge is -2.15. The predicted octanol–water partition coefficient (Wildman–Crippen LogP) is 4.13. The van der Waals surface area contributed by atoms with Gasteiger partial charge in [-0.05, 0) is 48.5 Å². The number of anilines is 1. The Morgan fingerprint density at radius 3 is 2.44 bits per heavy atom. The summed E-state index contributed by atoms with van der Waals surface area (Å²) in [6.07, 6.45) is 0. The number of ether oxygens (including phenoxy) is 2. The van der Waals surface area contributed by atoms with Gasteiger partial charge < -0.3 is 14.8 Å². The molecule has 0 fully saturated rings. The fourth-order valence-corrected chi connectivity index (χ4v) is 4.04. The third-order valence-electron chi connectivity index (χ3n) is 4.78. The number of nitrogens with zero attached hydrogens (tertiary/aromatic N) is 2. The number of fused-ring (bicyclic) bond motifs is 1. The second-order valence-corrected chi connectivity index (χ2v) is 7.73. The van der Waals surface area contributed by atoms with Crippen LogP contribution in [0.25, 0.3) is 16.6 Å². The molecule has 0 saturated carbocycles. The molecule has 4 aromatic rings. The van der Waals surface area contributed by atoms with Gasteiger partial charge in [-0.15, -0.1) is 0 Å². The minimum atomic E-state index is -0.224. The van der Waals surface area contributed by atoms with Crippen LogP contribution in [0.3, 0.4) is 0 Å². The number of para-hydroxylation sites is 3. The van der Waals surface area contributed by atoms with Crippen molar-refractivity contribution in [2.45, 2.75) is 5.16 Å². The summed E-state index contributed by atoms with van der Waals surface area (Å²) < 4.78 is 12.1. The number of nitrogens with one attached hydrogen (secondary N) is 1. The number of rotatable bonds is 7. The Morgan fingerprint density at radius 1 is 0.969 bits per heavy atom. The number of methoxy groups -OCH3 is 2. The van der Waals surface area contributed by atoms with E-state index in [4.69, 9.17) is 9.47 Å². The number of thioether (sulfide) groups is 1. The first-order valence-electron chi connectivity index (χ1n) is 9.82. The van der Waals surface area contributed by atoms with Crippen molar-refractivity contribution in [1.82, 2.24) is 9.55 Å². The van der Waals surface area contributed by atoms with Gasteiger partial charge in [0.15, 0.2) is 5.16 Å². The molecule has 0 saturated heterocycles.